The SMILES string of the molecule is CCCCCCNCc1noc(-c2ccccc2Cl)n1. The number of hydrogen-bond acceptors (Lipinski definition) is 4. The Morgan fingerprint density at radius 1 is 1.20 bits per heavy atom. The third kappa shape index (κ3) is 4.32. The highest BCUT2D eigenvalue weighted by Gasteiger charge is 2.11. The van der Waals surface area contributed by atoms with Crippen LogP contribution in [0.2, 0.25) is 5.02 Å². The van der Waals surface area contributed by atoms with Crippen molar-refractivity contribution < 1.29 is 4.52 Å². The molecular formula is C15H20ClN3O. The maximum atomic E-state index is 6.10. The van der Waals surface area contributed by atoms with Crippen molar-refractivity contribution in [3.63, 3.8) is 0 Å². The first-order chi connectivity index (χ1) is 9.81. The van der Waals surface area contributed by atoms with E-state index >= 15 is 0 Å². The van der Waals surface area contributed by atoms with Crippen molar-refractivity contribution in [3.05, 3.63) is 35.1 Å². The summed E-state index contributed by atoms with van der Waals surface area (Å²) in [4.78, 5) is 4.35. The number of nitrogens with one attached hydrogen (secondary N) is 1. The highest BCUT2D eigenvalue weighted by molar-refractivity contribution is 6.33. The molecule has 0 amide bonds. The second-order valence-electron chi connectivity index (χ2n) is 4.73. The highest BCUT2D eigenvalue weighted by atomic mass is 35.5. The Kier molecular flexibility index (Phi) is 6.02. The molecule has 5 heteroatoms. The Hall–Kier alpha value is -1.39. The quantitative estimate of drug-likeness (QED) is 0.746. The molecule has 0 unspecified atom stereocenters. The molecule has 0 atom stereocenters. The largest absolute Gasteiger partial charge is 0.334 e. The van der Waals surface area contributed by atoms with Crippen LogP contribution in [0.4, 0.5) is 0 Å². The summed E-state index contributed by atoms with van der Waals surface area (Å²) in [6, 6.07) is 7.46. The van der Waals surface area contributed by atoms with Gasteiger partial charge in [0.25, 0.3) is 5.89 Å². The molecule has 0 saturated carbocycles. The summed E-state index contributed by atoms with van der Waals surface area (Å²) < 4.78 is 5.24. The Balaban J connectivity index is 1.82. The van der Waals surface area contributed by atoms with E-state index < -0.39 is 0 Å². The van der Waals surface area contributed by atoms with Crippen molar-refractivity contribution in [2.75, 3.05) is 6.54 Å². The molecular weight excluding hydrogens is 274 g/mol. The molecule has 2 aromatic rings. The van der Waals surface area contributed by atoms with E-state index in [0.717, 1.165) is 12.1 Å². The van der Waals surface area contributed by atoms with Crippen LogP contribution >= 0.6 is 11.6 Å². The summed E-state index contributed by atoms with van der Waals surface area (Å²) in [6.07, 6.45) is 5.00. The van der Waals surface area contributed by atoms with E-state index in [0.29, 0.717) is 23.3 Å². The van der Waals surface area contributed by atoms with Crippen LogP contribution in [-0.4, -0.2) is 16.7 Å². The molecule has 2 rings (SSSR count). The van der Waals surface area contributed by atoms with Gasteiger partial charge in [-0.1, -0.05) is 55.1 Å². The fourth-order valence-corrected chi connectivity index (χ4v) is 2.16. The van der Waals surface area contributed by atoms with Gasteiger partial charge in [0, 0.05) is 0 Å². The first-order valence-corrected chi connectivity index (χ1v) is 7.47. The monoisotopic (exact) mass is 293 g/mol. The second kappa shape index (κ2) is 8.02. The van der Waals surface area contributed by atoms with Gasteiger partial charge in [-0.05, 0) is 25.1 Å². The van der Waals surface area contributed by atoms with E-state index in [1.54, 1.807) is 0 Å². The van der Waals surface area contributed by atoms with Crippen molar-refractivity contribution in [2.45, 2.75) is 39.2 Å². The molecule has 1 aromatic carbocycles. The third-order valence-electron chi connectivity index (χ3n) is 3.06. The molecule has 0 bridgehead atoms. The number of nitrogens with zero attached hydrogens (tertiary/aromatic N) is 2. The molecule has 108 valence electrons. The van der Waals surface area contributed by atoms with E-state index in [9.17, 15) is 0 Å². The Labute approximate surface area is 124 Å². The zero-order chi connectivity index (χ0) is 14.2. The predicted octanol–water partition coefficient (Wildman–Crippen LogP) is 4.06. The molecule has 0 spiro atoms. The Morgan fingerprint density at radius 2 is 2.05 bits per heavy atom. The lowest BCUT2D eigenvalue weighted by Crippen LogP contribution is -2.15. The number of benzene rings is 1. The summed E-state index contributed by atoms with van der Waals surface area (Å²) in [5.41, 5.74) is 0.774. The van der Waals surface area contributed by atoms with Gasteiger partial charge in [-0.15, -0.1) is 0 Å². The van der Waals surface area contributed by atoms with E-state index in [4.69, 9.17) is 16.1 Å². The average molecular weight is 294 g/mol. The van der Waals surface area contributed by atoms with Crippen LogP contribution in [0.15, 0.2) is 28.8 Å². The molecule has 20 heavy (non-hydrogen) atoms. The summed E-state index contributed by atoms with van der Waals surface area (Å²) in [5, 5.41) is 7.90. The fourth-order valence-electron chi connectivity index (χ4n) is 1.95. The highest BCUT2D eigenvalue weighted by Crippen LogP contribution is 2.25. The van der Waals surface area contributed by atoms with Crippen LogP contribution in [0.1, 0.15) is 38.4 Å². The Bertz CT molecular complexity index is 527. The van der Waals surface area contributed by atoms with Gasteiger partial charge in [-0.25, -0.2) is 0 Å². The Morgan fingerprint density at radius 3 is 2.85 bits per heavy atom. The number of aromatic nitrogens is 2. The molecule has 0 aliphatic carbocycles. The fraction of sp³-hybridized carbons (Fsp3) is 0.467. The molecule has 1 N–H and O–H groups in total. The van der Waals surface area contributed by atoms with E-state index in [1.165, 1.54) is 25.7 Å². The number of hydrogen-bond donors (Lipinski definition) is 1. The zero-order valence-electron chi connectivity index (χ0n) is 11.7. The molecule has 0 aliphatic rings. The standard InChI is InChI=1S/C15H20ClN3O/c1-2-3-4-7-10-17-11-14-18-15(20-19-14)12-8-5-6-9-13(12)16/h5-6,8-9,17H,2-4,7,10-11H2,1H3. The lowest BCUT2D eigenvalue weighted by atomic mass is 10.2. The number of halogens is 1. The van der Waals surface area contributed by atoms with Crippen molar-refractivity contribution in [1.82, 2.24) is 15.5 Å². The van der Waals surface area contributed by atoms with Gasteiger partial charge >= 0.3 is 0 Å². The van der Waals surface area contributed by atoms with Crippen LogP contribution in [-0.2, 0) is 6.54 Å². The van der Waals surface area contributed by atoms with Gasteiger partial charge < -0.3 is 9.84 Å². The minimum atomic E-state index is 0.471. The first kappa shape index (κ1) is 15.0. The van der Waals surface area contributed by atoms with Crippen LogP contribution < -0.4 is 5.32 Å². The van der Waals surface area contributed by atoms with Crippen LogP contribution in [0.3, 0.4) is 0 Å². The van der Waals surface area contributed by atoms with E-state index in [1.807, 2.05) is 24.3 Å². The zero-order valence-corrected chi connectivity index (χ0v) is 12.5. The summed E-state index contributed by atoms with van der Waals surface area (Å²) in [7, 11) is 0. The van der Waals surface area contributed by atoms with Crippen LogP contribution in [0.25, 0.3) is 11.5 Å². The summed E-state index contributed by atoms with van der Waals surface area (Å²) in [5.74, 6) is 1.13. The van der Waals surface area contributed by atoms with E-state index in [-0.39, 0.29) is 0 Å². The van der Waals surface area contributed by atoms with Gasteiger partial charge in [0.2, 0.25) is 0 Å². The molecule has 0 saturated heterocycles. The van der Waals surface area contributed by atoms with Crippen LogP contribution in [0, 0.1) is 0 Å². The van der Waals surface area contributed by atoms with Gasteiger partial charge in [0.1, 0.15) is 0 Å². The predicted molar refractivity (Wildman–Crippen MR) is 80.6 cm³/mol. The average Bonchev–Trinajstić information content (AvgIpc) is 2.92. The smallest absolute Gasteiger partial charge is 0.259 e. The van der Waals surface area contributed by atoms with Crippen LogP contribution in [0.5, 0.6) is 0 Å². The molecule has 4 nitrogen and oxygen atoms in total. The molecule has 1 heterocycles. The van der Waals surface area contributed by atoms with Crippen molar-refractivity contribution in [3.8, 4) is 11.5 Å². The molecule has 0 radical (unpaired) electrons. The molecule has 0 aliphatic heterocycles. The normalized spacial score (nSPS) is 10.9. The lowest BCUT2D eigenvalue weighted by molar-refractivity contribution is 0.419. The van der Waals surface area contributed by atoms with Crippen molar-refractivity contribution in [1.29, 1.82) is 0 Å². The van der Waals surface area contributed by atoms with Gasteiger partial charge in [-0.3, -0.25) is 0 Å². The summed E-state index contributed by atoms with van der Waals surface area (Å²) in [6.45, 7) is 3.82. The minimum Gasteiger partial charge on any atom is -0.334 e. The maximum Gasteiger partial charge on any atom is 0.259 e. The lowest BCUT2D eigenvalue weighted by Gasteiger charge is -2.00. The maximum absolute atomic E-state index is 6.10. The van der Waals surface area contributed by atoms with Crippen molar-refractivity contribution >= 4 is 11.6 Å². The molecule has 0 fully saturated rings. The van der Waals surface area contributed by atoms with Gasteiger partial charge in [-0.2, -0.15) is 4.98 Å². The summed E-state index contributed by atoms with van der Waals surface area (Å²) >= 11 is 6.10. The third-order valence-corrected chi connectivity index (χ3v) is 3.39. The van der Waals surface area contributed by atoms with Crippen molar-refractivity contribution in [2.24, 2.45) is 0 Å². The number of unbranched alkanes of at least 4 members (excludes halogenated alkanes) is 3. The minimum absolute atomic E-state index is 0.471. The van der Waals surface area contributed by atoms with Gasteiger partial charge in [0.05, 0.1) is 17.1 Å². The molecule has 1 aromatic heterocycles. The van der Waals surface area contributed by atoms with Gasteiger partial charge in [0.15, 0.2) is 5.82 Å². The topological polar surface area (TPSA) is 51.0 Å². The number of rotatable bonds is 8. The van der Waals surface area contributed by atoms with E-state index in [2.05, 4.69) is 22.4 Å². The first-order valence-electron chi connectivity index (χ1n) is 7.09. The second-order valence-corrected chi connectivity index (χ2v) is 5.14.